The van der Waals surface area contributed by atoms with Gasteiger partial charge in [-0.05, 0) is 85.5 Å². The van der Waals surface area contributed by atoms with Crippen LogP contribution in [0.2, 0.25) is 0 Å². The Hall–Kier alpha value is -2.58. The Kier molecular flexibility index (Phi) is 9.64. The van der Waals surface area contributed by atoms with Crippen LogP contribution in [-0.4, -0.2) is 36.5 Å². The van der Waals surface area contributed by atoms with E-state index in [0.29, 0.717) is 22.3 Å². The van der Waals surface area contributed by atoms with Crippen LogP contribution in [0.1, 0.15) is 64.2 Å². The van der Waals surface area contributed by atoms with Gasteiger partial charge in [0.25, 0.3) is 0 Å². The van der Waals surface area contributed by atoms with Crippen molar-refractivity contribution in [2.75, 3.05) is 24.9 Å². The topological polar surface area (TPSA) is 66.6 Å². The summed E-state index contributed by atoms with van der Waals surface area (Å²) >= 11 is 11.1. The number of ether oxygens (including phenoxy) is 2. The molecule has 0 radical (unpaired) electrons. The van der Waals surface area contributed by atoms with Crippen molar-refractivity contribution < 1.29 is 9.47 Å². The molecule has 2 aliphatic rings. The Balaban J connectivity index is 1.42. The van der Waals surface area contributed by atoms with Crippen LogP contribution in [0.3, 0.4) is 0 Å². The van der Waals surface area contributed by atoms with Crippen LogP contribution in [0.5, 0.6) is 11.5 Å². The fraction of sp³-hybridized carbons (Fsp3) is 0.500. The van der Waals surface area contributed by atoms with Crippen LogP contribution >= 0.6 is 24.4 Å². The van der Waals surface area contributed by atoms with Gasteiger partial charge in [-0.25, -0.2) is 0 Å². The fourth-order valence-electron chi connectivity index (χ4n) is 5.13. The summed E-state index contributed by atoms with van der Waals surface area (Å²) in [5, 5.41) is 14.8. The number of hydrogen-bond acceptors (Lipinski definition) is 4. The van der Waals surface area contributed by atoms with E-state index in [1.54, 1.807) is 14.2 Å². The van der Waals surface area contributed by atoms with E-state index in [1.807, 2.05) is 24.3 Å². The minimum Gasteiger partial charge on any atom is -0.495 e. The van der Waals surface area contributed by atoms with Crippen molar-refractivity contribution in [3.8, 4) is 22.6 Å². The number of hydrogen-bond donors (Lipinski definition) is 4. The molecular formula is C28H38N4O2S2. The van der Waals surface area contributed by atoms with E-state index in [-0.39, 0.29) is 0 Å². The lowest BCUT2D eigenvalue weighted by molar-refractivity contribution is 0.413. The maximum absolute atomic E-state index is 5.68. The molecule has 0 spiro atoms. The summed E-state index contributed by atoms with van der Waals surface area (Å²) in [5.41, 5.74) is 3.74. The molecule has 4 N–H and O–H groups in total. The van der Waals surface area contributed by atoms with Crippen molar-refractivity contribution in [2.24, 2.45) is 0 Å². The quantitative estimate of drug-likeness (QED) is 0.301. The highest BCUT2D eigenvalue weighted by atomic mass is 32.1. The molecule has 0 unspecified atom stereocenters. The SMILES string of the molecule is COc1cc(-c2ccc(NC(=S)NC3CCCCC3)c(OC)c2)ccc1NC(=S)NC1CCCCC1. The van der Waals surface area contributed by atoms with Gasteiger partial charge in [-0.3, -0.25) is 0 Å². The molecule has 0 aromatic heterocycles. The van der Waals surface area contributed by atoms with E-state index in [4.69, 9.17) is 33.9 Å². The molecule has 2 fully saturated rings. The molecule has 2 aliphatic carbocycles. The monoisotopic (exact) mass is 526 g/mol. The first-order valence-electron chi connectivity index (χ1n) is 13.1. The number of thiocarbonyl (C=S) groups is 2. The first kappa shape index (κ1) is 26.5. The maximum Gasteiger partial charge on any atom is 0.171 e. The second-order valence-electron chi connectivity index (χ2n) is 9.70. The lowest BCUT2D eigenvalue weighted by Crippen LogP contribution is -2.38. The molecule has 2 aromatic rings. The third kappa shape index (κ3) is 7.23. The van der Waals surface area contributed by atoms with Crippen LogP contribution in [-0.2, 0) is 0 Å². The number of rotatable bonds is 7. The molecule has 0 aliphatic heterocycles. The first-order chi connectivity index (χ1) is 17.6. The largest absolute Gasteiger partial charge is 0.495 e. The van der Waals surface area contributed by atoms with Gasteiger partial charge >= 0.3 is 0 Å². The standard InChI is InChI=1S/C28H38N4O2S2/c1-33-25-17-19(13-15-23(25)31-27(35)29-21-9-5-3-6-10-21)20-14-16-24(26(18-20)34-2)32-28(36)30-22-11-7-4-8-12-22/h13-18,21-22H,3-12H2,1-2H3,(H2,29,31,35)(H2,30,32,36). The van der Waals surface area contributed by atoms with Crippen LogP contribution in [0.15, 0.2) is 36.4 Å². The van der Waals surface area contributed by atoms with Gasteiger partial charge in [0.2, 0.25) is 0 Å². The summed E-state index contributed by atoms with van der Waals surface area (Å²) in [6.07, 6.45) is 12.4. The van der Waals surface area contributed by atoms with Gasteiger partial charge in [0, 0.05) is 12.1 Å². The van der Waals surface area contributed by atoms with Crippen molar-refractivity contribution in [3.05, 3.63) is 36.4 Å². The van der Waals surface area contributed by atoms with E-state index in [0.717, 1.165) is 34.0 Å². The molecule has 0 amide bonds. The molecule has 0 bridgehead atoms. The smallest absolute Gasteiger partial charge is 0.171 e. The molecule has 36 heavy (non-hydrogen) atoms. The minimum atomic E-state index is 0.453. The number of anilines is 2. The molecule has 0 saturated heterocycles. The molecule has 4 rings (SSSR count). The van der Waals surface area contributed by atoms with Crippen LogP contribution in [0.4, 0.5) is 11.4 Å². The van der Waals surface area contributed by atoms with Gasteiger partial charge < -0.3 is 30.7 Å². The average Bonchev–Trinajstić information content (AvgIpc) is 2.90. The summed E-state index contributed by atoms with van der Waals surface area (Å²) in [6, 6.07) is 13.1. The summed E-state index contributed by atoms with van der Waals surface area (Å²) < 4.78 is 11.4. The normalized spacial score (nSPS) is 16.6. The Bertz CT molecular complexity index is 966. The Morgan fingerprint density at radius 1 is 0.639 bits per heavy atom. The molecule has 0 atom stereocenters. The maximum atomic E-state index is 5.68. The van der Waals surface area contributed by atoms with Crippen molar-refractivity contribution in [3.63, 3.8) is 0 Å². The van der Waals surface area contributed by atoms with E-state index >= 15 is 0 Å². The highest BCUT2D eigenvalue weighted by molar-refractivity contribution is 7.80. The highest BCUT2D eigenvalue weighted by Crippen LogP contribution is 2.35. The first-order valence-corrected chi connectivity index (χ1v) is 13.9. The fourth-order valence-corrected chi connectivity index (χ4v) is 5.68. The number of methoxy groups -OCH3 is 2. The molecular weight excluding hydrogens is 488 g/mol. The van der Waals surface area contributed by atoms with Gasteiger partial charge in [-0.15, -0.1) is 0 Å². The molecule has 8 heteroatoms. The Morgan fingerprint density at radius 3 is 1.39 bits per heavy atom. The van der Waals surface area contributed by atoms with Crippen molar-refractivity contribution in [2.45, 2.75) is 76.3 Å². The zero-order chi connectivity index (χ0) is 25.3. The summed E-state index contributed by atoms with van der Waals surface area (Å²) in [5.74, 6) is 1.47. The van der Waals surface area contributed by atoms with E-state index < -0.39 is 0 Å². The third-order valence-corrected chi connectivity index (χ3v) is 7.55. The molecule has 6 nitrogen and oxygen atoms in total. The zero-order valence-corrected chi connectivity index (χ0v) is 23.0. The van der Waals surface area contributed by atoms with Crippen molar-refractivity contribution >= 4 is 46.0 Å². The van der Waals surface area contributed by atoms with E-state index in [9.17, 15) is 0 Å². The van der Waals surface area contributed by atoms with Gasteiger partial charge in [0.05, 0.1) is 25.6 Å². The Labute approximate surface area is 225 Å². The van der Waals surface area contributed by atoms with Crippen LogP contribution in [0.25, 0.3) is 11.1 Å². The average molecular weight is 527 g/mol. The van der Waals surface area contributed by atoms with Gasteiger partial charge in [0.1, 0.15) is 11.5 Å². The van der Waals surface area contributed by atoms with Crippen molar-refractivity contribution in [1.82, 2.24) is 10.6 Å². The zero-order valence-electron chi connectivity index (χ0n) is 21.3. The number of benzene rings is 2. The predicted octanol–water partition coefficient (Wildman–Crippen LogP) is 6.61. The molecule has 0 heterocycles. The van der Waals surface area contributed by atoms with E-state index in [2.05, 4.69) is 33.4 Å². The van der Waals surface area contributed by atoms with E-state index in [1.165, 1.54) is 64.2 Å². The molecule has 2 saturated carbocycles. The summed E-state index contributed by atoms with van der Waals surface area (Å²) in [6.45, 7) is 0. The lowest BCUT2D eigenvalue weighted by Gasteiger charge is -2.25. The Morgan fingerprint density at radius 2 is 1.03 bits per heavy atom. The molecule has 2 aromatic carbocycles. The van der Waals surface area contributed by atoms with Gasteiger partial charge in [-0.1, -0.05) is 50.7 Å². The molecule has 194 valence electrons. The minimum absolute atomic E-state index is 0.453. The van der Waals surface area contributed by atoms with Gasteiger partial charge in [0.15, 0.2) is 10.2 Å². The predicted molar refractivity (Wildman–Crippen MR) is 157 cm³/mol. The third-order valence-electron chi connectivity index (χ3n) is 7.11. The second-order valence-corrected chi connectivity index (χ2v) is 10.5. The number of nitrogens with one attached hydrogen (secondary N) is 4. The van der Waals surface area contributed by atoms with Gasteiger partial charge in [-0.2, -0.15) is 0 Å². The summed E-state index contributed by atoms with van der Waals surface area (Å²) in [4.78, 5) is 0. The van der Waals surface area contributed by atoms with Crippen LogP contribution < -0.4 is 30.7 Å². The summed E-state index contributed by atoms with van der Waals surface area (Å²) in [7, 11) is 3.35. The lowest BCUT2D eigenvalue weighted by atomic mass is 9.96. The highest BCUT2D eigenvalue weighted by Gasteiger charge is 2.17. The van der Waals surface area contributed by atoms with Crippen molar-refractivity contribution in [1.29, 1.82) is 0 Å². The van der Waals surface area contributed by atoms with Crippen LogP contribution in [0, 0.1) is 0 Å². The second kappa shape index (κ2) is 13.1.